The van der Waals surface area contributed by atoms with Crippen molar-refractivity contribution in [2.75, 3.05) is 13.2 Å². The van der Waals surface area contributed by atoms with E-state index in [4.69, 9.17) is 25.3 Å². The third-order valence-electron chi connectivity index (χ3n) is 3.00. The van der Waals surface area contributed by atoms with Crippen LogP contribution in [0.25, 0.3) is 20.9 Å². The Morgan fingerprint density at radius 2 is 2.26 bits per heavy atom. The van der Waals surface area contributed by atoms with Gasteiger partial charge in [0.05, 0.1) is 31.4 Å². The van der Waals surface area contributed by atoms with Crippen LogP contribution in [-0.2, 0) is 19.0 Å². The van der Waals surface area contributed by atoms with Gasteiger partial charge in [-0.05, 0) is 18.0 Å². The Hall–Kier alpha value is -1.99. The zero-order chi connectivity index (χ0) is 13.9. The molecule has 0 N–H and O–H groups in total. The predicted molar refractivity (Wildman–Crippen MR) is 60.7 cm³/mol. The van der Waals surface area contributed by atoms with Crippen LogP contribution in [0.4, 0.5) is 0 Å². The van der Waals surface area contributed by atoms with E-state index in [0.717, 1.165) is 0 Å². The van der Waals surface area contributed by atoms with Crippen LogP contribution >= 0.6 is 0 Å². The molecule has 0 unspecified atom stereocenters. The van der Waals surface area contributed by atoms with E-state index in [0.29, 0.717) is 0 Å². The van der Waals surface area contributed by atoms with Gasteiger partial charge in [-0.25, -0.2) is 4.79 Å². The summed E-state index contributed by atoms with van der Waals surface area (Å²) in [6.45, 7) is 1.85. The largest absolute Gasteiger partial charge is 0.462 e. The van der Waals surface area contributed by atoms with Crippen LogP contribution in [0, 0.1) is 0 Å². The van der Waals surface area contributed by atoms with Crippen LogP contribution in [0.2, 0.25) is 0 Å². The lowest BCUT2D eigenvalue weighted by Gasteiger charge is -2.27. The van der Waals surface area contributed by atoms with Gasteiger partial charge < -0.3 is 14.2 Å². The predicted octanol–water partition coefficient (Wildman–Crippen LogP) is 1.42. The van der Waals surface area contributed by atoms with Crippen molar-refractivity contribution < 1.29 is 19.0 Å². The summed E-state index contributed by atoms with van der Waals surface area (Å²) in [4.78, 5) is 17.2. The summed E-state index contributed by atoms with van der Waals surface area (Å²) in [5.74, 6) is -2.20. The molecule has 4 atom stereocenters. The Balaban J connectivity index is 2.20. The molecule has 0 spiro atoms. The summed E-state index contributed by atoms with van der Waals surface area (Å²) in [7, 11) is 0. The fourth-order valence-corrected chi connectivity index (χ4v) is 2.30. The maximum absolute atomic E-state index is 11.9. The molecule has 2 heterocycles. The van der Waals surface area contributed by atoms with Crippen molar-refractivity contribution in [2.24, 2.45) is 10.2 Å². The Kier molecular flexibility index (Phi) is 3.77. The number of esters is 1. The summed E-state index contributed by atoms with van der Waals surface area (Å²) in [5.41, 5.74) is 16.8. The molecule has 0 aromatic rings. The average Bonchev–Trinajstić information content (AvgIpc) is 2.93. The van der Waals surface area contributed by atoms with E-state index in [-0.39, 0.29) is 19.6 Å². The van der Waals surface area contributed by atoms with Gasteiger partial charge >= 0.3 is 5.97 Å². The zero-order valence-electron chi connectivity index (χ0n) is 10.2. The van der Waals surface area contributed by atoms with Crippen molar-refractivity contribution >= 4 is 5.97 Å². The molecule has 2 rings (SSSR count). The highest BCUT2D eigenvalue weighted by Crippen LogP contribution is 2.44. The first-order chi connectivity index (χ1) is 9.16. The lowest BCUT2D eigenvalue weighted by Crippen LogP contribution is -2.45. The third-order valence-corrected chi connectivity index (χ3v) is 3.00. The smallest absolute Gasteiger partial charge is 0.366 e. The molecular weight excluding hydrogens is 256 g/mol. The second kappa shape index (κ2) is 5.33. The number of nitrogens with zero attached hydrogens (tertiary/aromatic N) is 6. The van der Waals surface area contributed by atoms with Crippen molar-refractivity contribution in [3.8, 4) is 0 Å². The van der Waals surface area contributed by atoms with Crippen LogP contribution in [-0.4, -0.2) is 43.2 Å². The van der Waals surface area contributed by atoms with Crippen LogP contribution < -0.4 is 0 Å². The van der Waals surface area contributed by atoms with Gasteiger partial charge in [0, 0.05) is 16.2 Å². The summed E-state index contributed by atoms with van der Waals surface area (Å²) in [6.07, 6.45) is -1.12. The van der Waals surface area contributed by atoms with Crippen molar-refractivity contribution in [1.29, 1.82) is 0 Å². The Morgan fingerprint density at radius 1 is 1.47 bits per heavy atom. The Bertz CT molecular complexity index is 467. The van der Waals surface area contributed by atoms with E-state index in [9.17, 15) is 4.79 Å². The van der Waals surface area contributed by atoms with Crippen molar-refractivity contribution in [3.63, 3.8) is 0 Å². The molecule has 10 heteroatoms. The molecule has 0 aromatic heterocycles. The fraction of sp³-hybridized carbons (Fsp3) is 0.889. The van der Waals surface area contributed by atoms with E-state index < -0.39 is 30.0 Å². The molecule has 0 saturated carbocycles. The lowest BCUT2D eigenvalue weighted by atomic mass is 9.99. The minimum absolute atomic E-state index is 0.000228. The van der Waals surface area contributed by atoms with Gasteiger partial charge in [-0.15, -0.1) is 0 Å². The molecule has 0 amide bonds. The minimum Gasteiger partial charge on any atom is -0.462 e. The second-order valence-electron chi connectivity index (χ2n) is 4.10. The van der Waals surface area contributed by atoms with E-state index in [2.05, 4.69) is 20.1 Å². The quantitative estimate of drug-likeness (QED) is 0.321. The average molecular weight is 268 g/mol. The van der Waals surface area contributed by atoms with Crippen molar-refractivity contribution in [3.05, 3.63) is 20.9 Å². The first kappa shape index (κ1) is 13.4. The molecule has 0 radical (unpaired) electrons. The molecule has 2 saturated heterocycles. The van der Waals surface area contributed by atoms with Gasteiger partial charge in [-0.2, -0.15) is 0 Å². The number of rotatable bonds is 5. The summed E-state index contributed by atoms with van der Waals surface area (Å²) in [5, 5.41) is 6.98. The zero-order valence-corrected chi connectivity index (χ0v) is 10.2. The first-order valence-electron chi connectivity index (χ1n) is 5.74. The van der Waals surface area contributed by atoms with Crippen molar-refractivity contribution in [1.82, 2.24) is 0 Å². The number of carbonyl (C=O) groups is 1. The summed E-state index contributed by atoms with van der Waals surface area (Å²) >= 11 is 0. The van der Waals surface area contributed by atoms with Crippen LogP contribution in [0.3, 0.4) is 0 Å². The number of azide groups is 2. The van der Waals surface area contributed by atoms with Crippen LogP contribution in [0.15, 0.2) is 10.2 Å². The normalized spacial score (nSPS) is 35.3. The van der Waals surface area contributed by atoms with Crippen LogP contribution in [0.1, 0.15) is 13.3 Å². The molecule has 2 fully saturated rings. The van der Waals surface area contributed by atoms with E-state index in [1.807, 2.05) is 0 Å². The number of hydrogen-bond acceptors (Lipinski definition) is 6. The summed E-state index contributed by atoms with van der Waals surface area (Å²) in [6, 6.07) is -0.540. The second-order valence-corrected chi connectivity index (χ2v) is 4.10. The molecule has 19 heavy (non-hydrogen) atoms. The van der Waals surface area contributed by atoms with E-state index in [1.165, 1.54) is 0 Å². The topological polar surface area (TPSA) is 142 Å². The molecular formula is C9H12N6O4. The highest BCUT2D eigenvalue weighted by Gasteiger charge is 2.63. The maximum atomic E-state index is 11.9. The standard InChI is InChI=1S/C9H12N6O4/c1-2-17-8(16)9-3-5(13-15-11)7(19-9)6(18-9)4-12-14-10/h5-7H,2-4H2,1H3/t5-,6-,7-,9-/m0/s1. The van der Waals surface area contributed by atoms with Crippen LogP contribution in [0.5, 0.6) is 0 Å². The molecule has 10 nitrogen and oxygen atoms in total. The molecule has 2 aliphatic rings. The van der Waals surface area contributed by atoms with Crippen molar-refractivity contribution in [2.45, 2.75) is 37.4 Å². The monoisotopic (exact) mass is 268 g/mol. The van der Waals surface area contributed by atoms with Gasteiger partial charge in [-0.1, -0.05) is 10.2 Å². The maximum Gasteiger partial charge on any atom is 0.366 e. The minimum atomic E-state index is -1.55. The van der Waals surface area contributed by atoms with Gasteiger partial charge in [-0.3, -0.25) is 0 Å². The number of carbonyl (C=O) groups excluding carboxylic acids is 1. The first-order valence-corrected chi connectivity index (χ1v) is 5.74. The molecule has 0 aliphatic carbocycles. The van der Waals surface area contributed by atoms with E-state index in [1.54, 1.807) is 6.92 Å². The number of fused-ring (bicyclic) bond motifs is 2. The molecule has 102 valence electrons. The Morgan fingerprint density at radius 3 is 2.89 bits per heavy atom. The highest BCUT2D eigenvalue weighted by atomic mass is 16.8. The number of hydrogen-bond donors (Lipinski definition) is 0. The van der Waals surface area contributed by atoms with Gasteiger partial charge in [0.25, 0.3) is 5.79 Å². The SMILES string of the molecule is CCOC(=O)[C@]12C[C@H](N=[N+]=[N-])[C@H](O1)[C@H](CN=[N+]=[N-])O2. The van der Waals surface area contributed by atoms with E-state index >= 15 is 0 Å². The molecule has 0 aromatic carbocycles. The molecule has 2 bridgehead atoms. The molecule has 2 aliphatic heterocycles. The van der Waals surface area contributed by atoms with Gasteiger partial charge in [0.1, 0.15) is 0 Å². The number of ether oxygens (including phenoxy) is 3. The third kappa shape index (κ3) is 2.29. The summed E-state index contributed by atoms with van der Waals surface area (Å²) < 4.78 is 15.9. The van der Waals surface area contributed by atoms with Gasteiger partial charge in [0.15, 0.2) is 0 Å². The Labute approximate surface area is 107 Å². The fourth-order valence-electron chi connectivity index (χ4n) is 2.30. The lowest BCUT2D eigenvalue weighted by molar-refractivity contribution is -0.206. The highest BCUT2D eigenvalue weighted by molar-refractivity contribution is 5.79. The van der Waals surface area contributed by atoms with Gasteiger partial charge in [0.2, 0.25) is 0 Å².